The Hall–Kier alpha value is -4.82. The van der Waals surface area contributed by atoms with E-state index in [9.17, 15) is 0 Å². The summed E-state index contributed by atoms with van der Waals surface area (Å²) in [4.78, 5) is 0. The summed E-state index contributed by atoms with van der Waals surface area (Å²) >= 11 is 0. The normalized spacial score (nSPS) is 16.4. The summed E-state index contributed by atoms with van der Waals surface area (Å²) in [7, 11) is 0. The lowest BCUT2D eigenvalue weighted by Crippen LogP contribution is -2.73. The lowest BCUT2D eigenvalue weighted by atomic mass is 9.57. The number of benzene rings is 4. The van der Waals surface area contributed by atoms with Crippen molar-refractivity contribution < 1.29 is 9.13 Å². The highest BCUT2D eigenvalue weighted by atomic mass is 15.3. The first-order chi connectivity index (χ1) is 22.1. The van der Waals surface area contributed by atoms with E-state index >= 15 is 0 Å². The molecule has 2 spiro atoms. The smallest absolute Gasteiger partial charge is 0.125 e. The average Bonchev–Trinajstić information content (AvgIpc) is 3.64. The van der Waals surface area contributed by atoms with E-state index in [2.05, 4.69) is 172 Å². The van der Waals surface area contributed by atoms with Gasteiger partial charge in [-0.1, -0.05) is 114 Å². The van der Waals surface area contributed by atoms with Crippen LogP contribution in [0.5, 0.6) is 0 Å². The molecule has 0 saturated heterocycles. The molecule has 4 aromatic carbocycles. The Balaban J connectivity index is 1.54. The van der Waals surface area contributed by atoms with Gasteiger partial charge in [-0.2, -0.15) is 0 Å². The molecule has 222 valence electrons. The van der Waals surface area contributed by atoms with Gasteiger partial charge >= 0.3 is 5.66 Å². The first-order valence-electron chi connectivity index (χ1n) is 16.7. The summed E-state index contributed by atoms with van der Waals surface area (Å²) in [6, 6.07) is 41.9. The lowest BCUT2D eigenvalue weighted by Gasteiger charge is -2.42. The van der Waals surface area contributed by atoms with Gasteiger partial charge in [0.25, 0.3) is 0 Å². The second-order valence-corrected chi connectivity index (χ2v) is 15.7. The van der Waals surface area contributed by atoms with Crippen LogP contribution < -0.4 is 9.13 Å². The van der Waals surface area contributed by atoms with Crippen LogP contribution >= 0.6 is 0 Å². The van der Waals surface area contributed by atoms with Crippen molar-refractivity contribution in [1.29, 1.82) is 0 Å². The number of rotatable bonds is 0. The van der Waals surface area contributed by atoms with Crippen molar-refractivity contribution in [1.82, 2.24) is 0 Å². The van der Waals surface area contributed by atoms with Gasteiger partial charge in [0.1, 0.15) is 11.1 Å². The van der Waals surface area contributed by atoms with Gasteiger partial charge < -0.3 is 0 Å². The predicted octanol–water partition coefficient (Wildman–Crippen LogP) is 8.79. The third-order valence-corrected chi connectivity index (χ3v) is 11.4. The highest BCUT2D eigenvalue weighted by molar-refractivity contribution is 5.93. The molecule has 2 aliphatic heterocycles. The Morgan fingerprint density at radius 2 is 0.848 bits per heavy atom. The van der Waals surface area contributed by atoms with Crippen LogP contribution in [0.1, 0.15) is 86.1 Å². The van der Waals surface area contributed by atoms with Gasteiger partial charge in [-0.15, -0.1) is 9.13 Å². The summed E-state index contributed by atoms with van der Waals surface area (Å²) in [5.41, 5.74) is 18.3. The standard InChI is InChI=1S/C44H38N2/c1-41(2,3)31-21-23-33-39-37(31)35-19-11-13-25-45(35)44(39)40-34(24-22-32(42(4,5)6)38(40)36-20-12-14-26-46(36)44)43(33)29-17-9-7-15-27(29)28-16-8-10-18-30(28)43/h7-26H,1-6H3/q+2. The first-order valence-corrected chi connectivity index (χ1v) is 16.7. The van der Waals surface area contributed by atoms with Crippen molar-refractivity contribution in [2.75, 3.05) is 0 Å². The zero-order valence-electron chi connectivity index (χ0n) is 27.4. The fraction of sp³-hybridized carbons (Fsp3) is 0.227. The Morgan fingerprint density at radius 1 is 0.435 bits per heavy atom. The Labute approximate surface area is 271 Å². The summed E-state index contributed by atoms with van der Waals surface area (Å²) in [5, 5.41) is 0. The SMILES string of the molecule is CC(C)(C)c1ccc2c3c1-c1cccc[n+]1C31c3c(ccc(C(C)(C)C)c3-c3cccc[n+]31)C21c2ccccc2-c2ccccc21. The van der Waals surface area contributed by atoms with Crippen LogP contribution in [0, 0.1) is 0 Å². The van der Waals surface area contributed by atoms with Crippen LogP contribution in [-0.2, 0) is 21.9 Å². The second kappa shape index (κ2) is 8.12. The molecule has 4 heterocycles. The molecule has 10 rings (SSSR count). The molecule has 0 atom stereocenters. The molecule has 0 amide bonds. The minimum atomic E-state index is -0.539. The first kappa shape index (κ1) is 26.4. The van der Waals surface area contributed by atoms with Crippen LogP contribution in [0.4, 0.5) is 0 Å². The molecule has 2 aliphatic carbocycles. The fourth-order valence-corrected chi connectivity index (χ4v) is 9.88. The third kappa shape index (κ3) is 2.71. The van der Waals surface area contributed by atoms with E-state index in [1.807, 2.05) is 0 Å². The van der Waals surface area contributed by atoms with Gasteiger partial charge in [0, 0.05) is 24.3 Å². The number of nitrogens with zero attached hydrogens (tertiary/aromatic N) is 2. The topological polar surface area (TPSA) is 7.76 Å². The highest BCUT2D eigenvalue weighted by Gasteiger charge is 2.74. The fourth-order valence-electron chi connectivity index (χ4n) is 9.88. The van der Waals surface area contributed by atoms with Gasteiger partial charge in [0.15, 0.2) is 12.4 Å². The van der Waals surface area contributed by atoms with Crippen LogP contribution in [0.3, 0.4) is 0 Å². The number of aromatic nitrogens is 2. The largest absolute Gasteiger partial charge is 0.418 e. The summed E-state index contributed by atoms with van der Waals surface area (Å²) < 4.78 is 5.22. The van der Waals surface area contributed by atoms with Crippen molar-refractivity contribution in [3.8, 4) is 33.6 Å². The van der Waals surface area contributed by atoms with Crippen LogP contribution in [0.2, 0.25) is 0 Å². The molecule has 0 fully saturated rings. The minimum absolute atomic E-state index is 0.0403. The lowest BCUT2D eigenvalue weighted by molar-refractivity contribution is -0.955. The molecular weight excluding hydrogens is 556 g/mol. The molecule has 0 unspecified atom stereocenters. The summed E-state index contributed by atoms with van der Waals surface area (Å²) in [6.45, 7) is 14.2. The zero-order chi connectivity index (χ0) is 31.4. The number of hydrogen-bond acceptors (Lipinski definition) is 0. The molecule has 2 nitrogen and oxygen atoms in total. The minimum Gasteiger partial charge on any atom is -0.125 e. The summed E-state index contributed by atoms with van der Waals surface area (Å²) in [5.74, 6) is 0. The monoisotopic (exact) mass is 594 g/mol. The number of pyridine rings is 2. The maximum absolute atomic E-state index is 2.61. The van der Waals surface area contributed by atoms with Gasteiger partial charge in [0.2, 0.25) is 11.4 Å². The molecule has 2 aromatic heterocycles. The summed E-state index contributed by atoms with van der Waals surface area (Å²) in [6.07, 6.45) is 4.68. The van der Waals surface area contributed by atoms with E-state index in [0.717, 1.165) is 0 Å². The second-order valence-electron chi connectivity index (χ2n) is 15.7. The third-order valence-electron chi connectivity index (χ3n) is 11.4. The average molecular weight is 595 g/mol. The maximum atomic E-state index is 2.61. The van der Waals surface area contributed by atoms with E-state index in [4.69, 9.17) is 0 Å². The molecule has 6 aromatic rings. The molecule has 4 aliphatic rings. The van der Waals surface area contributed by atoms with Crippen LogP contribution in [0.15, 0.2) is 122 Å². The van der Waals surface area contributed by atoms with Crippen molar-refractivity contribution in [3.63, 3.8) is 0 Å². The molecule has 46 heavy (non-hydrogen) atoms. The molecule has 0 N–H and O–H groups in total. The van der Waals surface area contributed by atoms with Crippen LogP contribution in [-0.4, -0.2) is 0 Å². The Morgan fingerprint density at radius 3 is 1.28 bits per heavy atom. The number of fused-ring (bicyclic) bond motifs is 11. The molecule has 2 heteroatoms. The zero-order valence-corrected chi connectivity index (χ0v) is 27.4. The Bertz CT molecular complexity index is 2180. The molecule has 0 saturated carbocycles. The van der Waals surface area contributed by atoms with Gasteiger partial charge in [-0.25, -0.2) is 0 Å². The molecule has 0 radical (unpaired) electrons. The van der Waals surface area contributed by atoms with E-state index in [0.29, 0.717) is 0 Å². The quantitative estimate of drug-likeness (QED) is 0.155. The van der Waals surface area contributed by atoms with Gasteiger partial charge in [0.05, 0.1) is 16.5 Å². The molecule has 0 bridgehead atoms. The van der Waals surface area contributed by atoms with E-state index < -0.39 is 11.1 Å². The number of hydrogen-bond donors (Lipinski definition) is 0. The van der Waals surface area contributed by atoms with Gasteiger partial charge in [-0.05, 0) is 67.5 Å². The van der Waals surface area contributed by atoms with Gasteiger partial charge in [-0.3, -0.25) is 0 Å². The van der Waals surface area contributed by atoms with E-state index in [-0.39, 0.29) is 10.8 Å². The van der Waals surface area contributed by atoms with Crippen molar-refractivity contribution in [2.24, 2.45) is 0 Å². The maximum Gasteiger partial charge on any atom is 0.418 e. The van der Waals surface area contributed by atoms with Crippen molar-refractivity contribution >= 4 is 0 Å². The van der Waals surface area contributed by atoms with E-state index in [1.165, 1.54) is 78.1 Å². The predicted molar refractivity (Wildman–Crippen MR) is 184 cm³/mol. The van der Waals surface area contributed by atoms with Crippen molar-refractivity contribution in [3.05, 3.63) is 166 Å². The Kier molecular flexibility index (Phi) is 4.66. The van der Waals surface area contributed by atoms with Crippen molar-refractivity contribution in [2.45, 2.75) is 63.5 Å². The van der Waals surface area contributed by atoms with Crippen LogP contribution in [0.25, 0.3) is 33.6 Å². The van der Waals surface area contributed by atoms with E-state index in [1.54, 1.807) is 0 Å². The highest BCUT2D eigenvalue weighted by Crippen LogP contribution is 2.66. The molecular formula is C44H38N2+2.